The molecule has 9 nitrogen and oxygen atoms in total. The van der Waals surface area contributed by atoms with Crippen LogP contribution in [0.5, 0.6) is 5.75 Å². The van der Waals surface area contributed by atoms with Gasteiger partial charge in [0.1, 0.15) is 5.75 Å². The molecule has 37 heavy (non-hydrogen) atoms. The number of likely N-dealkylation sites (N-methyl/N-ethyl adjacent to an activating group) is 1. The van der Waals surface area contributed by atoms with Crippen LogP contribution < -0.4 is 19.4 Å². The number of carbonyl (C=O) groups is 1. The molecule has 3 aromatic rings. The molecule has 196 valence electrons. The van der Waals surface area contributed by atoms with E-state index in [-0.39, 0.29) is 22.7 Å². The number of ether oxygens (including phenoxy) is 1. The first-order chi connectivity index (χ1) is 17.7. The van der Waals surface area contributed by atoms with Crippen LogP contribution in [0.2, 0.25) is 0 Å². The van der Waals surface area contributed by atoms with Crippen molar-refractivity contribution in [2.75, 3.05) is 49.5 Å². The lowest BCUT2D eigenvalue weighted by Crippen LogP contribution is -2.44. The highest BCUT2D eigenvalue weighted by Crippen LogP contribution is 2.33. The Morgan fingerprint density at radius 1 is 1.00 bits per heavy atom. The average Bonchev–Trinajstić information content (AvgIpc) is 2.92. The minimum Gasteiger partial charge on any atom is -0.497 e. The summed E-state index contributed by atoms with van der Waals surface area (Å²) in [5, 5.41) is 9.33. The molecule has 0 saturated carbocycles. The maximum Gasteiger partial charge on any atom is 0.276 e. The summed E-state index contributed by atoms with van der Waals surface area (Å²) in [4.78, 5) is 17.2. The number of rotatable bonds is 8. The van der Waals surface area contributed by atoms with E-state index in [9.17, 15) is 18.4 Å². The van der Waals surface area contributed by atoms with Gasteiger partial charge in [0.05, 0.1) is 29.8 Å². The van der Waals surface area contributed by atoms with E-state index in [1.165, 1.54) is 29.6 Å². The molecule has 0 aliphatic carbocycles. The maximum absolute atomic E-state index is 14.0. The molecule has 1 heterocycles. The number of methoxy groups -OCH3 is 1. The summed E-state index contributed by atoms with van der Waals surface area (Å²) in [5.41, 5.74) is 4.30. The van der Waals surface area contributed by atoms with E-state index in [1.807, 2.05) is 24.3 Å². The van der Waals surface area contributed by atoms with Gasteiger partial charge in [-0.25, -0.2) is 13.9 Å². The zero-order chi connectivity index (χ0) is 26.6. The number of carbonyl (C=O) groups excluding carboxylic acids is 1. The molecule has 1 saturated heterocycles. The number of hydrogen-bond acceptors (Lipinski definition) is 7. The van der Waals surface area contributed by atoms with E-state index < -0.39 is 15.9 Å². The van der Waals surface area contributed by atoms with Crippen molar-refractivity contribution in [2.24, 2.45) is 0 Å². The van der Waals surface area contributed by atoms with E-state index in [4.69, 9.17) is 4.74 Å². The third-order valence-corrected chi connectivity index (χ3v) is 8.37. The molecule has 10 heteroatoms. The Hall–Kier alpha value is -3.60. The fourth-order valence-electron chi connectivity index (χ4n) is 4.44. The number of hydroxylamine groups is 1. The van der Waals surface area contributed by atoms with Gasteiger partial charge in [0.2, 0.25) is 0 Å². The number of nitrogens with one attached hydrogen (secondary N) is 1. The van der Waals surface area contributed by atoms with Crippen LogP contribution in [0.1, 0.15) is 21.5 Å². The number of hydrogen-bond donors (Lipinski definition) is 2. The van der Waals surface area contributed by atoms with Crippen LogP contribution in [-0.2, 0) is 16.6 Å². The van der Waals surface area contributed by atoms with Crippen LogP contribution in [0, 0.1) is 6.92 Å². The lowest BCUT2D eigenvalue weighted by atomic mass is 10.1. The number of aryl methyl sites for hydroxylation is 1. The lowest BCUT2D eigenvalue weighted by molar-refractivity contribution is 0.0707. The van der Waals surface area contributed by atoms with Crippen molar-refractivity contribution < 1.29 is 23.2 Å². The number of sulfonamides is 1. The Morgan fingerprint density at radius 3 is 2.24 bits per heavy atom. The Balaban J connectivity index is 1.75. The van der Waals surface area contributed by atoms with Gasteiger partial charge in [-0.2, -0.15) is 0 Å². The van der Waals surface area contributed by atoms with Crippen LogP contribution >= 0.6 is 0 Å². The van der Waals surface area contributed by atoms with Gasteiger partial charge in [-0.15, -0.1) is 0 Å². The zero-order valence-electron chi connectivity index (χ0n) is 21.2. The minimum atomic E-state index is -4.10. The van der Waals surface area contributed by atoms with Crippen molar-refractivity contribution in [2.45, 2.75) is 18.4 Å². The summed E-state index contributed by atoms with van der Waals surface area (Å²) in [6.07, 6.45) is 0. The molecule has 2 N–H and O–H groups in total. The Labute approximate surface area is 217 Å². The molecule has 0 atom stereocenters. The largest absolute Gasteiger partial charge is 0.497 e. The number of anilines is 2. The summed E-state index contributed by atoms with van der Waals surface area (Å²) in [6.45, 7) is 5.55. The highest BCUT2D eigenvalue weighted by atomic mass is 32.2. The van der Waals surface area contributed by atoms with Crippen molar-refractivity contribution in [3.8, 4) is 5.75 Å². The van der Waals surface area contributed by atoms with Gasteiger partial charge in [-0.1, -0.05) is 24.3 Å². The quantitative estimate of drug-likeness (QED) is 0.344. The number of amides is 1. The molecule has 1 amide bonds. The Bertz CT molecular complexity index is 1340. The predicted octanol–water partition coefficient (Wildman–Crippen LogP) is 3.27. The fraction of sp³-hybridized carbons (Fsp3) is 0.296. The normalized spacial score (nSPS) is 14.3. The Morgan fingerprint density at radius 2 is 1.65 bits per heavy atom. The second-order valence-electron chi connectivity index (χ2n) is 9.06. The smallest absolute Gasteiger partial charge is 0.276 e. The van der Waals surface area contributed by atoms with Gasteiger partial charge >= 0.3 is 0 Å². The summed E-state index contributed by atoms with van der Waals surface area (Å²) < 4.78 is 34.4. The first-order valence-corrected chi connectivity index (χ1v) is 13.4. The first-order valence-electron chi connectivity index (χ1n) is 12.0. The van der Waals surface area contributed by atoms with Gasteiger partial charge in [0.25, 0.3) is 15.9 Å². The van der Waals surface area contributed by atoms with Crippen molar-refractivity contribution in [3.63, 3.8) is 0 Å². The zero-order valence-corrected chi connectivity index (χ0v) is 22.0. The monoisotopic (exact) mass is 524 g/mol. The van der Waals surface area contributed by atoms with Crippen LogP contribution in [-0.4, -0.2) is 64.8 Å². The number of nitrogens with zero attached hydrogens (tertiary/aromatic N) is 3. The molecule has 0 unspecified atom stereocenters. The minimum absolute atomic E-state index is 0.00601. The van der Waals surface area contributed by atoms with Crippen molar-refractivity contribution in [1.29, 1.82) is 0 Å². The van der Waals surface area contributed by atoms with E-state index in [1.54, 1.807) is 36.7 Å². The van der Waals surface area contributed by atoms with E-state index >= 15 is 0 Å². The van der Waals surface area contributed by atoms with Crippen LogP contribution in [0.25, 0.3) is 0 Å². The number of para-hydroxylation sites is 1. The van der Waals surface area contributed by atoms with Crippen molar-refractivity contribution >= 4 is 27.3 Å². The molecule has 1 aliphatic heterocycles. The van der Waals surface area contributed by atoms with Crippen molar-refractivity contribution in [3.05, 3.63) is 83.4 Å². The second-order valence-corrected chi connectivity index (χ2v) is 10.9. The summed E-state index contributed by atoms with van der Waals surface area (Å²) in [7, 11) is -0.486. The molecule has 3 aromatic carbocycles. The molecule has 0 aromatic heterocycles. The summed E-state index contributed by atoms with van der Waals surface area (Å²) in [6, 6.07) is 18.8. The van der Waals surface area contributed by atoms with Gasteiger partial charge in [-0.3, -0.25) is 14.3 Å². The van der Waals surface area contributed by atoms with E-state index in [0.717, 1.165) is 37.4 Å². The fourth-order valence-corrected chi connectivity index (χ4v) is 5.97. The van der Waals surface area contributed by atoms with Crippen molar-refractivity contribution in [1.82, 2.24) is 10.4 Å². The highest BCUT2D eigenvalue weighted by molar-refractivity contribution is 7.92. The topological polar surface area (TPSA) is 102 Å². The maximum atomic E-state index is 14.0. The summed E-state index contributed by atoms with van der Waals surface area (Å²) in [5.74, 6) is -0.264. The third kappa shape index (κ3) is 5.71. The average molecular weight is 525 g/mol. The van der Waals surface area contributed by atoms with E-state index in [0.29, 0.717) is 11.3 Å². The molecule has 0 spiro atoms. The van der Waals surface area contributed by atoms with Gasteiger partial charge in [0.15, 0.2) is 0 Å². The number of piperazine rings is 1. The molecule has 4 rings (SSSR count). The SMILES string of the molecule is COc1ccc(S(=O)(=O)N(Cc2ccc(N3CCN(C)CC3)cc2)c2c(C)cccc2C(=O)NO)cc1. The van der Waals surface area contributed by atoms with Gasteiger partial charge < -0.3 is 14.5 Å². The highest BCUT2D eigenvalue weighted by Gasteiger charge is 2.30. The predicted molar refractivity (Wildman–Crippen MR) is 143 cm³/mol. The first kappa shape index (κ1) is 26.5. The van der Waals surface area contributed by atoms with E-state index in [2.05, 4.69) is 16.8 Å². The van der Waals surface area contributed by atoms with Crippen LogP contribution in [0.4, 0.5) is 11.4 Å². The molecule has 0 radical (unpaired) electrons. The number of benzene rings is 3. The van der Waals surface area contributed by atoms with Crippen LogP contribution in [0.15, 0.2) is 71.6 Å². The second kappa shape index (κ2) is 11.2. The molecule has 1 aliphatic rings. The summed E-state index contributed by atoms with van der Waals surface area (Å²) >= 11 is 0. The molecular formula is C27H32N4O5S. The lowest BCUT2D eigenvalue weighted by Gasteiger charge is -2.34. The molecular weight excluding hydrogens is 492 g/mol. The molecule has 1 fully saturated rings. The van der Waals surface area contributed by atoms with Gasteiger partial charge in [0, 0.05) is 31.9 Å². The standard InChI is InChI=1S/C27H32N4O5S/c1-20-5-4-6-25(27(32)28-33)26(20)31(37(34,35)24-13-11-23(36-3)12-14-24)19-21-7-9-22(10-8-21)30-17-15-29(2)16-18-30/h4-14,33H,15-19H2,1-3H3,(H,28,32). The Kier molecular flexibility index (Phi) is 8.01. The third-order valence-electron chi connectivity index (χ3n) is 6.61. The molecule has 0 bridgehead atoms. The van der Waals surface area contributed by atoms with Crippen LogP contribution in [0.3, 0.4) is 0 Å². The van der Waals surface area contributed by atoms with Gasteiger partial charge in [-0.05, 0) is 67.6 Å².